The third-order valence-corrected chi connectivity index (χ3v) is 8.32. The molecule has 0 radical (unpaired) electrons. The maximum absolute atomic E-state index is 13.7. The van der Waals surface area contributed by atoms with Crippen LogP contribution in [0.2, 0.25) is 5.02 Å². The maximum Gasteiger partial charge on any atom is 0.417 e. The Labute approximate surface area is 270 Å². The number of benzene rings is 3. The minimum atomic E-state index is -4.54. The van der Waals surface area contributed by atoms with Gasteiger partial charge in [-0.2, -0.15) is 13.2 Å². The molecule has 45 heavy (non-hydrogen) atoms. The van der Waals surface area contributed by atoms with E-state index in [1.807, 2.05) is 48.0 Å². The van der Waals surface area contributed by atoms with Crippen LogP contribution in [-0.2, 0) is 19.0 Å². The van der Waals surface area contributed by atoms with Crippen molar-refractivity contribution < 1.29 is 27.2 Å². The Morgan fingerprint density at radius 3 is 2.07 bits per heavy atom. The van der Waals surface area contributed by atoms with Crippen molar-refractivity contribution in [3.05, 3.63) is 127 Å². The Hall–Kier alpha value is -4.13. The fourth-order valence-electron chi connectivity index (χ4n) is 4.09. The molecular formula is C32H27ClF4N4O2S2. The SMILES string of the molecule is Cc1nc(CCNC(=O)c2ccccc2C(F)(F)F)cs1.O=C(NCCc1csc(-c2ccccc2)n1)c1c(F)cccc1Cl. The molecule has 5 aromatic rings. The van der Waals surface area contributed by atoms with Crippen molar-refractivity contribution in [3.8, 4) is 10.6 Å². The average molecular weight is 675 g/mol. The van der Waals surface area contributed by atoms with E-state index >= 15 is 0 Å². The van der Waals surface area contributed by atoms with E-state index < -0.39 is 29.4 Å². The second-order valence-electron chi connectivity index (χ2n) is 9.52. The third-order valence-electron chi connectivity index (χ3n) is 6.24. The van der Waals surface area contributed by atoms with Crippen molar-refractivity contribution in [1.82, 2.24) is 20.6 Å². The van der Waals surface area contributed by atoms with Gasteiger partial charge in [-0.1, -0.05) is 60.1 Å². The number of aromatic nitrogens is 2. The number of hydrogen-bond donors (Lipinski definition) is 2. The topological polar surface area (TPSA) is 84.0 Å². The van der Waals surface area contributed by atoms with Gasteiger partial charge in [-0.15, -0.1) is 22.7 Å². The minimum absolute atomic E-state index is 0.104. The molecule has 6 nitrogen and oxygen atoms in total. The first-order valence-electron chi connectivity index (χ1n) is 13.6. The number of thiazole rings is 2. The van der Waals surface area contributed by atoms with Gasteiger partial charge in [0, 0.05) is 42.3 Å². The third kappa shape index (κ3) is 9.68. The molecule has 5 rings (SSSR count). The number of nitrogens with one attached hydrogen (secondary N) is 2. The van der Waals surface area contributed by atoms with Gasteiger partial charge in [0.25, 0.3) is 11.8 Å². The Morgan fingerprint density at radius 2 is 1.42 bits per heavy atom. The lowest BCUT2D eigenvalue weighted by Gasteiger charge is -2.12. The molecule has 3 aromatic carbocycles. The molecule has 0 aliphatic rings. The predicted molar refractivity (Wildman–Crippen MR) is 169 cm³/mol. The lowest BCUT2D eigenvalue weighted by atomic mass is 10.1. The monoisotopic (exact) mass is 674 g/mol. The van der Waals surface area contributed by atoms with E-state index in [2.05, 4.69) is 20.6 Å². The summed E-state index contributed by atoms with van der Waals surface area (Å²) in [5.74, 6) is -1.87. The van der Waals surface area contributed by atoms with Gasteiger partial charge < -0.3 is 10.6 Å². The molecule has 0 atom stereocenters. The van der Waals surface area contributed by atoms with E-state index in [0.29, 0.717) is 19.4 Å². The van der Waals surface area contributed by atoms with Gasteiger partial charge >= 0.3 is 6.18 Å². The smallest absolute Gasteiger partial charge is 0.352 e. The number of amides is 2. The lowest BCUT2D eigenvalue weighted by molar-refractivity contribution is -0.137. The lowest BCUT2D eigenvalue weighted by Crippen LogP contribution is -2.28. The number of nitrogens with zero attached hydrogens (tertiary/aromatic N) is 2. The van der Waals surface area contributed by atoms with Crippen molar-refractivity contribution in [1.29, 1.82) is 0 Å². The fraction of sp³-hybridized carbons (Fsp3) is 0.188. The normalized spacial score (nSPS) is 11.0. The second kappa shape index (κ2) is 15.7. The van der Waals surface area contributed by atoms with Crippen molar-refractivity contribution >= 4 is 46.1 Å². The van der Waals surface area contributed by atoms with E-state index in [0.717, 1.165) is 33.0 Å². The van der Waals surface area contributed by atoms with Gasteiger partial charge in [-0.05, 0) is 31.2 Å². The van der Waals surface area contributed by atoms with Crippen LogP contribution in [0.15, 0.2) is 83.6 Å². The molecule has 0 bridgehead atoms. The van der Waals surface area contributed by atoms with Gasteiger partial charge in [-0.3, -0.25) is 9.59 Å². The Bertz CT molecular complexity index is 1720. The molecule has 0 spiro atoms. The highest BCUT2D eigenvalue weighted by Crippen LogP contribution is 2.31. The van der Waals surface area contributed by atoms with E-state index in [-0.39, 0.29) is 22.7 Å². The number of halogens is 5. The molecule has 0 unspecified atom stereocenters. The van der Waals surface area contributed by atoms with Gasteiger partial charge in [-0.25, -0.2) is 14.4 Å². The maximum atomic E-state index is 13.7. The highest BCUT2D eigenvalue weighted by Gasteiger charge is 2.34. The van der Waals surface area contributed by atoms with Crippen LogP contribution in [-0.4, -0.2) is 34.9 Å². The molecule has 0 aliphatic carbocycles. The highest BCUT2D eigenvalue weighted by atomic mass is 35.5. The van der Waals surface area contributed by atoms with Crippen LogP contribution in [0.4, 0.5) is 17.6 Å². The quantitative estimate of drug-likeness (QED) is 0.155. The summed E-state index contributed by atoms with van der Waals surface area (Å²) in [7, 11) is 0. The Balaban J connectivity index is 0.000000207. The summed E-state index contributed by atoms with van der Waals surface area (Å²) in [6, 6.07) is 18.8. The van der Waals surface area contributed by atoms with Crippen LogP contribution in [0.3, 0.4) is 0 Å². The molecule has 0 fully saturated rings. The first-order valence-corrected chi connectivity index (χ1v) is 15.7. The molecule has 0 saturated carbocycles. The van der Waals surface area contributed by atoms with Crippen LogP contribution < -0.4 is 10.6 Å². The number of carbonyl (C=O) groups excluding carboxylic acids is 2. The zero-order valence-corrected chi connectivity index (χ0v) is 26.2. The summed E-state index contributed by atoms with van der Waals surface area (Å²) >= 11 is 8.93. The van der Waals surface area contributed by atoms with Gasteiger partial charge in [0.1, 0.15) is 10.8 Å². The van der Waals surface area contributed by atoms with Crippen LogP contribution in [0.1, 0.15) is 42.7 Å². The summed E-state index contributed by atoms with van der Waals surface area (Å²) in [5, 5.41) is 11.0. The highest BCUT2D eigenvalue weighted by molar-refractivity contribution is 7.13. The second-order valence-corrected chi connectivity index (χ2v) is 11.8. The fourth-order valence-corrected chi connectivity index (χ4v) is 5.85. The van der Waals surface area contributed by atoms with Crippen LogP contribution in [0, 0.1) is 12.7 Å². The van der Waals surface area contributed by atoms with Crippen molar-refractivity contribution in [2.75, 3.05) is 13.1 Å². The number of alkyl halides is 3. The van der Waals surface area contributed by atoms with E-state index in [4.69, 9.17) is 11.6 Å². The minimum Gasteiger partial charge on any atom is -0.352 e. The number of hydrogen-bond acceptors (Lipinski definition) is 6. The molecule has 2 N–H and O–H groups in total. The Morgan fingerprint density at radius 1 is 0.800 bits per heavy atom. The van der Waals surface area contributed by atoms with E-state index in [1.165, 1.54) is 47.7 Å². The summed E-state index contributed by atoms with van der Waals surface area (Å²) in [4.78, 5) is 32.7. The molecule has 2 amide bonds. The largest absolute Gasteiger partial charge is 0.417 e. The number of carbonyl (C=O) groups is 2. The summed E-state index contributed by atoms with van der Waals surface area (Å²) in [6.07, 6.45) is -3.48. The van der Waals surface area contributed by atoms with Crippen LogP contribution in [0.25, 0.3) is 10.6 Å². The summed E-state index contributed by atoms with van der Waals surface area (Å²) < 4.78 is 52.1. The zero-order valence-electron chi connectivity index (χ0n) is 23.8. The average Bonchev–Trinajstić information content (AvgIpc) is 3.66. The Kier molecular flexibility index (Phi) is 11.8. The molecular weight excluding hydrogens is 648 g/mol. The summed E-state index contributed by atoms with van der Waals surface area (Å²) in [5.41, 5.74) is 1.37. The standard InChI is InChI=1S/C18H14ClFN2OS.C14H13F3N2OS/c19-14-7-4-8-15(20)16(14)17(23)21-10-9-13-11-24-18(22-13)12-5-2-1-3-6-12;1-9-19-10(8-21-9)6-7-18-13(20)11-4-2-3-5-12(11)14(15,16)17/h1-8,11H,9-10H2,(H,21,23);2-5,8H,6-7H2,1H3,(H,18,20). The molecule has 2 aromatic heterocycles. The van der Waals surface area contributed by atoms with Crippen molar-refractivity contribution in [3.63, 3.8) is 0 Å². The summed E-state index contributed by atoms with van der Waals surface area (Å²) in [6.45, 7) is 2.47. The molecule has 0 saturated heterocycles. The van der Waals surface area contributed by atoms with Gasteiger partial charge in [0.15, 0.2) is 0 Å². The number of rotatable bonds is 9. The molecule has 234 valence electrons. The van der Waals surface area contributed by atoms with Crippen molar-refractivity contribution in [2.45, 2.75) is 25.9 Å². The molecule has 0 aliphatic heterocycles. The van der Waals surface area contributed by atoms with E-state index in [1.54, 1.807) is 11.3 Å². The number of aryl methyl sites for hydroxylation is 1. The van der Waals surface area contributed by atoms with Crippen LogP contribution in [0.5, 0.6) is 0 Å². The van der Waals surface area contributed by atoms with Crippen molar-refractivity contribution in [2.24, 2.45) is 0 Å². The first kappa shape index (κ1) is 33.8. The van der Waals surface area contributed by atoms with E-state index in [9.17, 15) is 27.2 Å². The van der Waals surface area contributed by atoms with Crippen LogP contribution >= 0.6 is 34.3 Å². The van der Waals surface area contributed by atoms with Gasteiger partial charge in [0.05, 0.1) is 38.1 Å². The first-order chi connectivity index (χ1) is 21.5. The zero-order chi connectivity index (χ0) is 32.4. The molecule has 13 heteroatoms. The predicted octanol–water partition coefficient (Wildman–Crippen LogP) is 8.02. The molecule has 2 heterocycles. The van der Waals surface area contributed by atoms with Gasteiger partial charge in [0.2, 0.25) is 0 Å².